The monoisotopic (exact) mass is 461 g/mol. The summed E-state index contributed by atoms with van der Waals surface area (Å²) in [4.78, 5) is 23.1. The number of nitrogens with one attached hydrogen (secondary N) is 1. The van der Waals surface area contributed by atoms with Crippen molar-refractivity contribution in [2.24, 2.45) is 5.92 Å². The summed E-state index contributed by atoms with van der Waals surface area (Å²) in [5.74, 6) is 1.08. The molecule has 1 saturated carbocycles. The van der Waals surface area contributed by atoms with Crippen molar-refractivity contribution in [2.75, 3.05) is 23.9 Å². The van der Waals surface area contributed by atoms with Gasteiger partial charge in [-0.2, -0.15) is 4.37 Å². The zero-order chi connectivity index (χ0) is 23.1. The zero-order valence-electron chi connectivity index (χ0n) is 19.5. The Labute approximate surface area is 194 Å². The van der Waals surface area contributed by atoms with Crippen LogP contribution in [0, 0.1) is 5.92 Å². The van der Waals surface area contributed by atoms with Crippen LogP contribution >= 0.6 is 11.5 Å². The fourth-order valence-corrected chi connectivity index (χ4v) is 4.83. The fraction of sp³-hybridized carbons (Fsp3) is 0.652. The number of methoxy groups -OCH3 is 1. The van der Waals surface area contributed by atoms with E-state index in [1.165, 1.54) is 43.6 Å². The molecule has 0 aromatic carbocycles. The molecule has 2 aromatic heterocycles. The summed E-state index contributed by atoms with van der Waals surface area (Å²) in [6.45, 7) is 7.66. The van der Waals surface area contributed by atoms with Crippen LogP contribution in [0.1, 0.15) is 76.6 Å². The van der Waals surface area contributed by atoms with Crippen LogP contribution in [0.2, 0.25) is 0 Å². The average molecular weight is 462 g/mol. The number of carboxylic acids is 1. The molecule has 1 aliphatic rings. The molecule has 2 heterocycles. The second-order valence-electron chi connectivity index (χ2n) is 9.05. The van der Waals surface area contributed by atoms with Crippen LogP contribution in [0.15, 0.2) is 12.3 Å². The maximum atomic E-state index is 11.3. The van der Waals surface area contributed by atoms with E-state index in [0.29, 0.717) is 29.5 Å². The van der Waals surface area contributed by atoms with E-state index in [2.05, 4.69) is 33.4 Å². The number of rotatable bonds is 11. The Hall–Kier alpha value is -2.26. The molecule has 32 heavy (non-hydrogen) atoms. The number of anilines is 3. The van der Waals surface area contributed by atoms with Crippen LogP contribution in [-0.4, -0.2) is 45.1 Å². The lowest BCUT2D eigenvalue weighted by atomic mass is 9.93. The number of carbonyl (C=O) groups is 1. The summed E-state index contributed by atoms with van der Waals surface area (Å²) in [6, 6.07) is 2.49. The molecular weight excluding hydrogens is 426 g/mol. The van der Waals surface area contributed by atoms with E-state index in [-0.39, 0.29) is 12.3 Å². The molecular formula is C23H35N5O3S. The quantitative estimate of drug-likeness (QED) is 0.471. The van der Waals surface area contributed by atoms with E-state index in [1.807, 2.05) is 19.2 Å². The molecule has 0 unspecified atom stereocenters. The molecule has 3 rings (SSSR count). The van der Waals surface area contributed by atoms with Crippen molar-refractivity contribution in [1.82, 2.24) is 14.3 Å². The van der Waals surface area contributed by atoms with Crippen LogP contribution in [0.5, 0.6) is 0 Å². The number of aliphatic carboxylic acids is 1. The normalized spacial score (nSPS) is 15.7. The van der Waals surface area contributed by atoms with Crippen molar-refractivity contribution in [3.63, 3.8) is 0 Å². The molecule has 1 fully saturated rings. The van der Waals surface area contributed by atoms with Gasteiger partial charge >= 0.3 is 5.97 Å². The third-order valence-corrected chi connectivity index (χ3v) is 6.44. The van der Waals surface area contributed by atoms with Gasteiger partial charge in [0, 0.05) is 37.4 Å². The van der Waals surface area contributed by atoms with Crippen LogP contribution in [0.4, 0.5) is 16.6 Å². The van der Waals surface area contributed by atoms with Gasteiger partial charge in [0.05, 0.1) is 12.1 Å². The number of hydrogen-bond donors (Lipinski definition) is 2. The minimum absolute atomic E-state index is 0.0651. The maximum Gasteiger partial charge on any atom is 0.303 e. The predicted molar refractivity (Wildman–Crippen MR) is 128 cm³/mol. The van der Waals surface area contributed by atoms with Gasteiger partial charge in [0.25, 0.3) is 0 Å². The summed E-state index contributed by atoms with van der Waals surface area (Å²) in [5.41, 5.74) is 1.75. The SMILES string of the molecule is COCc1nsc(Nc2cc([C@H](C)CC(=O)O)cnc2N(CC(C)C)C2CCCCC2)n1. The minimum atomic E-state index is -0.812. The van der Waals surface area contributed by atoms with Crippen molar-refractivity contribution in [3.05, 3.63) is 23.7 Å². The first-order valence-electron chi connectivity index (χ1n) is 11.4. The first kappa shape index (κ1) is 24.4. The number of ether oxygens (including phenoxy) is 1. The molecule has 9 heteroatoms. The third-order valence-electron chi connectivity index (χ3n) is 5.77. The highest BCUT2D eigenvalue weighted by molar-refractivity contribution is 7.09. The van der Waals surface area contributed by atoms with Crippen molar-refractivity contribution < 1.29 is 14.6 Å². The standard InChI is InChI=1S/C23H35N5O3S/c1-15(2)13-28(18-8-6-5-7-9-18)22-19(25-23-26-20(14-31-4)27-32-23)11-17(12-24-22)16(3)10-21(29)30/h11-12,15-16,18H,5-10,13-14H2,1-4H3,(H,29,30)(H,25,26,27)/t16-/m1/s1. The van der Waals surface area contributed by atoms with E-state index >= 15 is 0 Å². The maximum absolute atomic E-state index is 11.3. The van der Waals surface area contributed by atoms with Crippen molar-refractivity contribution >= 4 is 34.1 Å². The number of aromatic nitrogens is 3. The van der Waals surface area contributed by atoms with E-state index in [9.17, 15) is 9.90 Å². The van der Waals surface area contributed by atoms with Gasteiger partial charge in [0.2, 0.25) is 5.13 Å². The lowest BCUT2D eigenvalue weighted by molar-refractivity contribution is -0.137. The lowest BCUT2D eigenvalue weighted by Crippen LogP contribution is -2.40. The van der Waals surface area contributed by atoms with Gasteiger partial charge in [-0.25, -0.2) is 9.97 Å². The van der Waals surface area contributed by atoms with Gasteiger partial charge in [0.1, 0.15) is 6.61 Å². The van der Waals surface area contributed by atoms with E-state index < -0.39 is 5.97 Å². The molecule has 176 valence electrons. The summed E-state index contributed by atoms with van der Waals surface area (Å²) in [6.07, 6.45) is 8.02. The third kappa shape index (κ3) is 6.62. The van der Waals surface area contributed by atoms with Gasteiger partial charge in [-0.15, -0.1) is 0 Å². The van der Waals surface area contributed by atoms with Crippen molar-refractivity contribution in [1.29, 1.82) is 0 Å². The smallest absolute Gasteiger partial charge is 0.303 e. The number of pyridine rings is 1. The summed E-state index contributed by atoms with van der Waals surface area (Å²) >= 11 is 1.29. The topological polar surface area (TPSA) is 100 Å². The van der Waals surface area contributed by atoms with Crippen molar-refractivity contribution in [2.45, 2.75) is 77.9 Å². The molecule has 0 amide bonds. The molecule has 8 nitrogen and oxygen atoms in total. The van der Waals surface area contributed by atoms with Crippen LogP contribution < -0.4 is 10.2 Å². The highest BCUT2D eigenvalue weighted by atomic mass is 32.1. The van der Waals surface area contributed by atoms with E-state index in [0.717, 1.165) is 23.6 Å². The van der Waals surface area contributed by atoms with Crippen LogP contribution in [0.3, 0.4) is 0 Å². The Morgan fingerprint density at radius 1 is 1.31 bits per heavy atom. The van der Waals surface area contributed by atoms with Gasteiger partial charge in [-0.3, -0.25) is 4.79 Å². The number of hydrogen-bond acceptors (Lipinski definition) is 8. The Bertz CT molecular complexity index is 882. The summed E-state index contributed by atoms with van der Waals surface area (Å²) in [7, 11) is 1.62. The van der Waals surface area contributed by atoms with Crippen LogP contribution in [-0.2, 0) is 16.1 Å². The molecule has 1 atom stereocenters. The van der Waals surface area contributed by atoms with Gasteiger partial charge in [-0.05, 0) is 36.3 Å². The number of carboxylic acid groups (broad SMARTS) is 1. The Morgan fingerprint density at radius 2 is 2.06 bits per heavy atom. The van der Waals surface area contributed by atoms with Gasteiger partial charge in [-0.1, -0.05) is 40.0 Å². The van der Waals surface area contributed by atoms with Crippen LogP contribution in [0.25, 0.3) is 0 Å². The Morgan fingerprint density at radius 3 is 2.72 bits per heavy atom. The molecule has 0 bridgehead atoms. The molecule has 2 aromatic rings. The summed E-state index contributed by atoms with van der Waals surface area (Å²) in [5, 5.41) is 13.4. The second-order valence-corrected chi connectivity index (χ2v) is 9.80. The average Bonchev–Trinajstić information content (AvgIpc) is 3.19. The van der Waals surface area contributed by atoms with E-state index in [1.54, 1.807) is 7.11 Å². The van der Waals surface area contributed by atoms with Gasteiger partial charge < -0.3 is 20.1 Å². The summed E-state index contributed by atoms with van der Waals surface area (Å²) < 4.78 is 9.48. The zero-order valence-corrected chi connectivity index (χ0v) is 20.3. The highest BCUT2D eigenvalue weighted by Crippen LogP contribution is 2.35. The Balaban J connectivity index is 1.98. The molecule has 0 saturated heterocycles. The van der Waals surface area contributed by atoms with Gasteiger partial charge in [0.15, 0.2) is 11.6 Å². The molecule has 0 radical (unpaired) electrons. The number of nitrogens with zero attached hydrogens (tertiary/aromatic N) is 4. The highest BCUT2D eigenvalue weighted by Gasteiger charge is 2.26. The lowest BCUT2D eigenvalue weighted by Gasteiger charge is -2.37. The fourth-order valence-electron chi connectivity index (χ4n) is 4.25. The predicted octanol–water partition coefficient (Wildman–Crippen LogP) is 5.20. The van der Waals surface area contributed by atoms with E-state index in [4.69, 9.17) is 9.72 Å². The first-order valence-corrected chi connectivity index (χ1v) is 12.2. The Kier molecular flexibility index (Phi) is 8.81. The minimum Gasteiger partial charge on any atom is -0.481 e. The molecule has 0 aliphatic heterocycles. The largest absolute Gasteiger partial charge is 0.481 e. The van der Waals surface area contributed by atoms with Crippen molar-refractivity contribution in [3.8, 4) is 0 Å². The molecule has 1 aliphatic carbocycles. The molecule has 0 spiro atoms. The second kappa shape index (κ2) is 11.6. The first-order chi connectivity index (χ1) is 15.4. The molecule has 2 N–H and O–H groups in total.